The molecule has 1 rings (SSSR count). The monoisotopic (exact) mass is 175 g/mol. The third-order valence-corrected chi connectivity index (χ3v) is 2.40. The summed E-state index contributed by atoms with van der Waals surface area (Å²) in [6, 6.07) is 0. The number of rotatable bonds is 4. The zero-order valence-electron chi connectivity index (χ0n) is 6.92. The number of alkyl halides is 1. The van der Waals surface area contributed by atoms with Crippen molar-refractivity contribution < 1.29 is 14.3 Å². The lowest BCUT2D eigenvalue weighted by atomic mass is 9.90. The number of carboxylic acid groups (broad SMARTS) is 1. The Balaban J connectivity index is 2.37. The zero-order valence-corrected chi connectivity index (χ0v) is 6.92. The quantitative estimate of drug-likeness (QED) is 0.659. The maximum absolute atomic E-state index is 12.4. The SMILES string of the molecule is O=C(O)CC(CF)C1CCNC1. The molecule has 0 aromatic heterocycles. The smallest absolute Gasteiger partial charge is 0.303 e. The highest BCUT2D eigenvalue weighted by atomic mass is 19.1. The van der Waals surface area contributed by atoms with Crippen molar-refractivity contribution in [2.24, 2.45) is 11.8 Å². The first-order chi connectivity index (χ1) is 5.74. The van der Waals surface area contributed by atoms with Crippen LogP contribution in [0.15, 0.2) is 0 Å². The van der Waals surface area contributed by atoms with Crippen LogP contribution in [0.5, 0.6) is 0 Å². The van der Waals surface area contributed by atoms with Gasteiger partial charge in [-0.1, -0.05) is 0 Å². The minimum atomic E-state index is -0.899. The zero-order chi connectivity index (χ0) is 8.97. The highest BCUT2D eigenvalue weighted by molar-refractivity contribution is 5.67. The third kappa shape index (κ3) is 2.44. The second-order valence-electron chi connectivity index (χ2n) is 3.27. The van der Waals surface area contributed by atoms with E-state index in [9.17, 15) is 9.18 Å². The molecule has 1 aliphatic heterocycles. The number of hydrogen-bond acceptors (Lipinski definition) is 2. The van der Waals surface area contributed by atoms with E-state index in [1.807, 2.05) is 0 Å². The maximum Gasteiger partial charge on any atom is 0.303 e. The Labute approximate surface area is 71.0 Å². The topological polar surface area (TPSA) is 49.3 Å². The third-order valence-electron chi connectivity index (χ3n) is 2.40. The van der Waals surface area contributed by atoms with Gasteiger partial charge in [0, 0.05) is 5.92 Å². The van der Waals surface area contributed by atoms with Gasteiger partial charge in [-0.05, 0) is 25.4 Å². The van der Waals surface area contributed by atoms with Crippen molar-refractivity contribution in [2.45, 2.75) is 12.8 Å². The van der Waals surface area contributed by atoms with Gasteiger partial charge in [-0.25, -0.2) is 0 Å². The first-order valence-corrected chi connectivity index (χ1v) is 4.22. The molecule has 3 nitrogen and oxygen atoms in total. The maximum atomic E-state index is 12.4. The molecule has 2 N–H and O–H groups in total. The second-order valence-corrected chi connectivity index (χ2v) is 3.27. The first-order valence-electron chi connectivity index (χ1n) is 4.22. The summed E-state index contributed by atoms with van der Waals surface area (Å²) in [5.41, 5.74) is 0. The van der Waals surface area contributed by atoms with E-state index >= 15 is 0 Å². The van der Waals surface area contributed by atoms with Gasteiger partial charge >= 0.3 is 5.97 Å². The first kappa shape index (κ1) is 9.45. The Bertz CT molecular complexity index is 157. The van der Waals surface area contributed by atoms with E-state index < -0.39 is 12.6 Å². The van der Waals surface area contributed by atoms with Gasteiger partial charge in [-0.3, -0.25) is 9.18 Å². The van der Waals surface area contributed by atoms with Crippen molar-refractivity contribution >= 4 is 5.97 Å². The standard InChI is InChI=1S/C8H14FNO2/c9-4-7(3-8(11)12)6-1-2-10-5-6/h6-7,10H,1-5H2,(H,11,12). The highest BCUT2D eigenvalue weighted by Gasteiger charge is 2.26. The Morgan fingerprint density at radius 2 is 2.50 bits per heavy atom. The van der Waals surface area contributed by atoms with E-state index in [1.165, 1.54) is 0 Å². The summed E-state index contributed by atoms with van der Waals surface area (Å²) in [4.78, 5) is 10.3. The lowest BCUT2D eigenvalue weighted by Crippen LogP contribution is -2.22. The van der Waals surface area contributed by atoms with Crippen molar-refractivity contribution in [3.05, 3.63) is 0 Å². The van der Waals surface area contributed by atoms with E-state index in [0.29, 0.717) is 0 Å². The molecule has 0 saturated carbocycles. The van der Waals surface area contributed by atoms with Crippen LogP contribution in [0.2, 0.25) is 0 Å². The van der Waals surface area contributed by atoms with Crippen LogP contribution >= 0.6 is 0 Å². The Morgan fingerprint density at radius 3 is 2.92 bits per heavy atom. The molecule has 2 atom stereocenters. The van der Waals surface area contributed by atoms with Crippen molar-refractivity contribution in [3.63, 3.8) is 0 Å². The van der Waals surface area contributed by atoms with Crippen molar-refractivity contribution in [1.82, 2.24) is 5.32 Å². The summed E-state index contributed by atoms with van der Waals surface area (Å²) in [6.45, 7) is 1.14. The lowest BCUT2D eigenvalue weighted by Gasteiger charge is -2.16. The Morgan fingerprint density at radius 1 is 1.75 bits per heavy atom. The molecule has 0 bridgehead atoms. The number of nitrogens with one attached hydrogen (secondary N) is 1. The molecule has 0 aromatic rings. The van der Waals surface area contributed by atoms with Gasteiger partial charge in [0.2, 0.25) is 0 Å². The van der Waals surface area contributed by atoms with Crippen LogP contribution < -0.4 is 5.32 Å². The fraction of sp³-hybridized carbons (Fsp3) is 0.875. The summed E-state index contributed by atoms with van der Waals surface area (Å²) in [6.07, 6.45) is 0.866. The molecular weight excluding hydrogens is 161 g/mol. The van der Waals surface area contributed by atoms with Crippen LogP contribution in [-0.2, 0) is 4.79 Å². The van der Waals surface area contributed by atoms with Gasteiger partial charge in [-0.15, -0.1) is 0 Å². The summed E-state index contributed by atoms with van der Waals surface area (Å²) in [5, 5.41) is 11.6. The molecule has 0 spiro atoms. The van der Waals surface area contributed by atoms with Gasteiger partial charge in [0.25, 0.3) is 0 Å². The van der Waals surface area contributed by atoms with Crippen molar-refractivity contribution in [2.75, 3.05) is 19.8 Å². The van der Waals surface area contributed by atoms with Crippen LogP contribution in [0.25, 0.3) is 0 Å². The number of hydrogen-bond donors (Lipinski definition) is 2. The molecule has 1 heterocycles. The molecular formula is C8H14FNO2. The summed E-state index contributed by atoms with van der Waals surface area (Å²) in [7, 11) is 0. The molecule has 1 aliphatic rings. The van der Waals surface area contributed by atoms with E-state index in [1.54, 1.807) is 0 Å². The average Bonchev–Trinajstić information content (AvgIpc) is 2.51. The number of carbonyl (C=O) groups is 1. The van der Waals surface area contributed by atoms with Gasteiger partial charge in [0.1, 0.15) is 0 Å². The molecule has 0 amide bonds. The predicted octanol–water partition coefficient (Wildman–Crippen LogP) is 0.656. The lowest BCUT2D eigenvalue weighted by molar-refractivity contribution is -0.138. The van der Waals surface area contributed by atoms with Gasteiger partial charge in [0.05, 0.1) is 13.1 Å². The van der Waals surface area contributed by atoms with Gasteiger partial charge in [0.15, 0.2) is 0 Å². The molecule has 0 aromatic carbocycles. The van der Waals surface area contributed by atoms with E-state index in [0.717, 1.165) is 19.5 Å². The van der Waals surface area contributed by atoms with Gasteiger partial charge in [-0.2, -0.15) is 0 Å². The fourth-order valence-electron chi connectivity index (χ4n) is 1.65. The van der Waals surface area contributed by atoms with Crippen LogP contribution in [0.3, 0.4) is 0 Å². The Kier molecular flexibility index (Phi) is 3.47. The molecule has 2 unspecified atom stereocenters. The fourth-order valence-corrected chi connectivity index (χ4v) is 1.65. The summed E-state index contributed by atoms with van der Waals surface area (Å²) < 4.78 is 12.4. The van der Waals surface area contributed by atoms with Crippen molar-refractivity contribution in [3.8, 4) is 0 Å². The minimum Gasteiger partial charge on any atom is -0.481 e. The van der Waals surface area contributed by atoms with Crippen LogP contribution in [0.4, 0.5) is 4.39 Å². The van der Waals surface area contributed by atoms with Crippen LogP contribution in [0, 0.1) is 11.8 Å². The summed E-state index contributed by atoms with van der Waals surface area (Å²) >= 11 is 0. The molecule has 0 aliphatic carbocycles. The molecule has 70 valence electrons. The largest absolute Gasteiger partial charge is 0.481 e. The van der Waals surface area contributed by atoms with Gasteiger partial charge < -0.3 is 10.4 Å². The minimum absolute atomic E-state index is 0.0388. The molecule has 1 saturated heterocycles. The predicted molar refractivity (Wildman–Crippen MR) is 42.7 cm³/mol. The van der Waals surface area contributed by atoms with E-state index in [4.69, 9.17) is 5.11 Å². The van der Waals surface area contributed by atoms with Crippen LogP contribution in [0.1, 0.15) is 12.8 Å². The van der Waals surface area contributed by atoms with E-state index in [2.05, 4.69) is 5.32 Å². The van der Waals surface area contributed by atoms with E-state index in [-0.39, 0.29) is 18.3 Å². The number of halogens is 1. The number of aliphatic carboxylic acids is 1. The normalized spacial score (nSPS) is 25.6. The second kappa shape index (κ2) is 4.40. The van der Waals surface area contributed by atoms with Crippen LogP contribution in [-0.4, -0.2) is 30.8 Å². The molecule has 12 heavy (non-hydrogen) atoms. The molecule has 0 radical (unpaired) electrons. The molecule has 1 fully saturated rings. The van der Waals surface area contributed by atoms with Crippen molar-refractivity contribution in [1.29, 1.82) is 0 Å². The Hall–Kier alpha value is -0.640. The summed E-state index contributed by atoms with van der Waals surface area (Å²) in [5.74, 6) is -0.979. The highest BCUT2D eigenvalue weighted by Crippen LogP contribution is 2.22. The molecule has 4 heteroatoms. The average molecular weight is 175 g/mol. The number of carboxylic acids is 1.